The van der Waals surface area contributed by atoms with Gasteiger partial charge >= 0.3 is 0 Å². The van der Waals surface area contributed by atoms with Gasteiger partial charge in [-0.2, -0.15) is 0 Å². The molecule has 3 heteroatoms. The Labute approximate surface area is 132 Å². The van der Waals surface area contributed by atoms with E-state index >= 15 is 0 Å². The van der Waals surface area contributed by atoms with Gasteiger partial charge in [-0.3, -0.25) is 0 Å². The van der Waals surface area contributed by atoms with Gasteiger partial charge in [0, 0.05) is 30.8 Å². The number of aryl methyl sites for hydroxylation is 1. The Balaban J connectivity index is 2.12. The molecule has 0 spiro atoms. The summed E-state index contributed by atoms with van der Waals surface area (Å²) in [5, 5.41) is 4.18. The number of benzene rings is 2. The average molecular weight is 303 g/mol. The molecule has 21 heavy (non-hydrogen) atoms. The van der Waals surface area contributed by atoms with Crippen LogP contribution in [0.15, 0.2) is 42.5 Å². The number of hydrogen-bond acceptors (Lipinski definition) is 2. The third-order valence-corrected chi connectivity index (χ3v) is 3.99. The van der Waals surface area contributed by atoms with E-state index < -0.39 is 0 Å². The van der Waals surface area contributed by atoms with Crippen LogP contribution >= 0.6 is 11.6 Å². The first-order valence-electron chi connectivity index (χ1n) is 7.36. The van der Waals surface area contributed by atoms with E-state index in [9.17, 15) is 0 Å². The quantitative estimate of drug-likeness (QED) is 0.851. The Hall–Kier alpha value is -1.51. The summed E-state index contributed by atoms with van der Waals surface area (Å²) in [6.45, 7) is 7.01. The summed E-state index contributed by atoms with van der Waals surface area (Å²) in [7, 11) is 2.11. The highest BCUT2D eigenvalue weighted by atomic mass is 35.5. The van der Waals surface area contributed by atoms with Crippen molar-refractivity contribution in [3.8, 4) is 0 Å². The molecule has 0 amide bonds. The zero-order chi connectivity index (χ0) is 15.2. The largest absolute Gasteiger partial charge is 0.370 e. The zero-order valence-corrected chi connectivity index (χ0v) is 13.7. The number of hydrogen-bond donors (Lipinski definition) is 1. The summed E-state index contributed by atoms with van der Waals surface area (Å²) in [6, 6.07) is 14.6. The Bertz CT molecular complexity index is 596. The zero-order valence-electron chi connectivity index (χ0n) is 13.0. The van der Waals surface area contributed by atoms with E-state index in [0.29, 0.717) is 0 Å². The maximum absolute atomic E-state index is 6.24. The van der Waals surface area contributed by atoms with Crippen molar-refractivity contribution in [2.24, 2.45) is 0 Å². The molecule has 0 aliphatic rings. The first-order chi connectivity index (χ1) is 10.1. The Morgan fingerprint density at radius 1 is 1.14 bits per heavy atom. The molecule has 2 aromatic carbocycles. The van der Waals surface area contributed by atoms with Crippen LogP contribution in [0, 0.1) is 6.92 Å². The second-order valence-corrected chi connectivity index (χ2v) is 5.76. The molecule has 2 aromatic rings. The second kappa shape index (κ2) is 7.48. The molecule has 0 aliphatic heterocycles. The molecule has 0 saturated carbocycles. The highest BCUT2D eigenvalue weighted by molar-refractivity contribution is 6.31. The topological polar surface area (TPSA) is 15.3 Å². The number of anilines is 1. The molecular weight excluding hydrogens is 280 g/mol. The van der Waals surface area contributed by atoms with E-state index in [2.05, 4.69) is 55.4 Å². The molecule has 0 aliphatic carbocycles. The van der Waals surface area contributed by atoms with Gasteiger partial charge in [0.05, 0.1) is 0 Å². The van der Waals surface area contributed by atoms with Crippen LogP contribution in [0.25, 0.3) is 0 Å². The number of nitrogens with one attached hydrogen (secondary N) is 1. The standard InChI is InChI=1S/C18H23ClN2/c1-4-20-12-15-9-10-18(14(2)11-15)21(3)13-16-7-5-6-8-17(16)19/h5-11,20H,4,12-13H2,1-3H3. The lowest BCUT2D eigenvalue weighted by atomic mass is 10.1. The molecule has 0 bridgehead atoms. The summed E-state index contributed by atoms with van der Waals surface area (Å²) in [5.74, 6) is 0. The van der Waals surface area contributed by atoms with E-state index in [1.54, 1.807) is 0 Å². The van der Waals surface area contributed by atoms with Crippen molar-refractivity contribution in [3.63, 3.8) is 0 Å². The van der Waals surface area contributed by atoms with E-state index in [1.165, 1.54) is 16.8 Å². The van der Waals surface area contributed by atoms with Crippen molar-refractivity contribution in [1.82, 2.24) is 5.32 Å². The number of halogens is 1. The van der Waals surface area contributed by atoms with Crippen LogP contribution in [-0.4, -0.2) is 13.6 Å². The Morgan fingerprint density at radius 2 is 1.90 bits per heavy atom. The van der Waals surface area contributed by atoms with Gasteiger partial charge in [0.1, 0.15) is 0 Å². The molecule has 2 rings (SSSR count). The fraction of sp³-hybridized carbons (Fsp3) is 0.333. The van der Waals surface area contributed by atoms with Gasteiger partial charge in [-0.1, -0.05) is 48.9 Å². The maximum atomic E-state index is 6.24. The van der Waals surface area contributed by atoms with Crippen molar-refractivity contribution >= 4 is 17.3 Å². The number of rotatable bonds is 6. The van der Waals surface area contributed by atoms with Crippen LogP contribution in [0.1, 0.15) is 23.6 Å². The first kappa shape index (κ1) is 15.9. The fourth-order valence-corrected chi connectivity index (χ4v) is 2.69. The van der Waals surface area contributed by atoms with Crippen LogP contribution in [-0.2, 0) is 13.1 Å². The molecule has 0 aromatic heterocycles. The Morgan fingerprint density at radius 3 is 2.57 bits per heavy atom. The van der Waals surface area contributed by atoms with Crippen molar-refractivity contribution < 1.29 is 0 Å². The minimum Gasteiger partial charge on any atom is -0.370 e. The summed E-state index contributed by atoms with van der Waals surface area (Å²) >= 11 is 6.24. The van der Waals surface area contributed by atoms with Gasteiger partial charge < -0.3 is 10.2 Å². The molecule has 0 heterocycles. The van der Waals surface area contributed by atoms with Gasteiger partial charge in [-0.05, 0) is 42.3 Å². The van der Waals surface area contributed by atoms with Crippen LogP contribution in [0.5, 0.6) is 0 Å². The summed E-state index contributed by atoms with van der Waals surface area (Å²) < 4.78 is 0. The van der Waals surface area contributed by atoms with Gasteiger partial charge in [-0.15, -0.1) is 0 Å². The molecule has 2 nitrogen and oxygen atoms in total. The van der Waals surface area contributed by atoms with E-state index in [0.717, 1.165) is 30.2 Å². The normalized spacial score (nSPS) is 10.7. The summed E-state index contributed by atoms with van der Waals surface area (Å²) in [4.78, 5) is 2.24. The Kier molecular flexibility index (Phi) is 5.66. The van der Waals surface area contributed by atoms with Crippen molar-refractivity contribution in [1.29, 1.82) is 0 Å². The predicted molar refractivity (Wildman–Crippen MR) is 92.1 cm³/mol. The first-order valence-corrected chi connectivity index (χ1v) is 7.74. The van der Waals surface area contributed by atoms with Crippen molar-refractivity contribution in [2.75, 3.05) is 18.5 Å². The van der Waals surface area contributed by atoms with E-state index in [1.807, 2.05) is 18.2 Å². The minimum absolute atomic E-state index is 0.813. The van der Waals surface area contributed by atoms with Gasteiger partial charge in [0.2, 0.25) is 0 Å². The smallest absolute Gasteiger partial charge is 0.0455 e. The molecule has 0 saturated heterocycles. The summed E-state index contributed by atoms with van der Waals surface area (Å²) in [5.41, 5.74) is 5.01. The molecule has 0 radical (unpaired) electrons. The van der Waals surface area contributed by atoms with Crippen LogP contribution in [0.2, 0.25) is 5.02 Å². The monoisotopic (exact) mass is 302 g/mol. The molecule has 0 fully saturated rings. The predicted octanol–water partition coefficient (Wildman–Crippen LogP) is 4.39. The maximum Gasteiger partial charge on any atom is 0.0455 e. The van der Waals surface area contributed by atoms with Crippen LogP contribution in [0.3, 0.4) is 0 Å². The van der Waals surface area contributed by atoms with Crippen LogP contribution < -0.4 is 10.2 Å². The second-order valence-electron chi connectivity index (χ2n) is 5.35. The molecular formula is C18H23ClN2. The van der Waals surface area contributed by atoms with Crippen molar-refractivity contribution in [2.45, 2.75) is 26.9 Å². The number of nitrogens with zero attached hydrogens (tertiary/aromatic N) is 1. The molecule has 0 unspecified atom stereocenters. The molecule has 1 N–H and O–H groups in total. The fourth-order valence-electron chi connectivity index (χ4n) is 2.49. The van der Waals surface area contributed by atoms with Gasteiger partial charge in [0.15, 0.2) is 0 Å². The lowest BCUT2D eigenvalue weighted by molar-refractivity contribution is 0.726. The summed E-state index contributed by atoms with van der Waals surface area (Å²) in [6.07, 6.45) is 0. The minimum atomic E-state index is 0.813. The average Bonchev–Trinajstić information content (AvgIpc) is 2.47. The SMILES string of the molecule is CCNCc1ccc(N(C)Cc2ccccc2Cl)c(C)c1. The van der Waals surface area contributed by atoms with Gasteiger partial charge in [-0.25, -0.2) is 0 Å². The van der Waals surface area contributed by atoms with E-state index in [4.69, 9.17) is 11.6 Å². The van der Waals surface area contributed by atoms with E-state index in [-0.39, 0.29) is 0 Å². The highest BCUT2D eigenvalue weighted by Gasteiger charge is 2.08. The highest BCUT2D eigenvalue weighted by Crippen LogP contribution is 2.24. The molecule has 112 valence electrons. The third kappa shape index (κ3) is 4.23. The van der Waals surface area contributed by atoms with Gasteiger partial charge in [0.25, 0.3) is 0 Å². The lowest BCUT2D eigenvalue weighted by Crippen LogP contribution is -2.18. The van der Waals surface area contributed by atoms with Crippen LogP contribution in [0.4, 0.5) is 5.69 Å². The molecule has 0 atom stereocenters. The lowest BCUT2D eigenvalue weighted by Gasteiger charge is -2.22. The third-order valence-electron chi connectivity index (χ3n) is 3.62. The van der Waals surface area contributed by atoms with Crippen molar-refractivity contribution in [3.05, 3.63) is 64.2 Å².